The molecule has 0 unspecified atom stereocenters. The second-order valence-corrected chi connectivity index (χ2v) is 4.56. The van der Waals surface area contributed by atoms with Crippen LogP contribution in [0.5, 0.6) is 0 Å². The van der Waals surface area contributed by atoms with E-state index in [9.17, 15) is 9.59 Å². The van der Waals surface area contributed by atoms with Crippen LogP contribution in [0.4, 0.5) is 0 Å². The molecule has 0 saturated heterocycles. The first-order valence-electron chi connectivity index (χ1n) is 6.35. The number of aldehydes is 1. The summed E-state index contributed by atoms with van der Waals surface area (Å²) in [6, 6.07) is 13.5. The smallest absolute Gasteiger partial charge is 0.225 e. The lowest BCUT2D eigenvalue weighted by atomic mass is 9.96. The van der Waals surface area contributed by atoms with Crippen molar-refractivity contribution in [2.45, 2.75) is 20.3 Å². The Balaban J connectivity index is 2.37. The van der Waals surface area contributed by atoms with Crippen LogP contribution in [0, 0.1) is 6.92 Å². The molecule has 2 nitrogen and oxygen atoms in total. The number of ketones is 1. The maximum atomic E-state index is 11.2. The van der Waals surface area contributed by atoms with E-state index in [1.54, 1.807) is 12.1 Å². The van der Waals surface area contributed by atoms with Gasteiger partial charge in [0.1, 0.15) is 0 Å². The van der Waals surface area contributed by atoms with E-state index in [1.165, 1.54) is 11.1 Å². The van der Waals surface area contributed by atoms with E-state index in [0.717, 1.165) is 17.5 Å². The monoisotopic (exact) mass is 252 g/mol. The fourth-order valence-corrected chi connectivity index (χ4v) is 2.15. The first-order chi connectivity index (χ1) is 9.15. The van der Waals surface area contributed by atoms with E-state index in [-0.39, 0.29) is 0 Å². The molecule has 0 aliphatic carbocycles. The molecule has 0 fully saturated rings. The zero-order valence-electron chi connectivity index (χ0n) is 11.1. The number of benzene rings is 2. The summed E-state index contributed by atoms with van der Waals surface area (Å²) in [5.41, 5.74) is 5.18. The van der Waals surface area contributed by atoms with Gasteiger partial charge in [-0.3, -0.25) is 9.59 Å². The van der Waals surface area contributed by atoms with Crippen molar-refractivity contribution in [3.63, 3.8) is 0 Å². The zero-order valence-corrected chi connectivity index (χ0v) is 11.1. The second kappa shape index (κ2) is 5.61. The van der Waals surface area contributed by atoms with Gasteiger partial charge in [-0.1, -0.05) is 49.4 Å². The third kappa shape index (κ3) is 2.79. The van der Waals surface area contributed by atoms with Crippen LogP contribution in [0.2, 0.25) is 0 Å². The molecule has 0 spiro atoms. The predicted molar refractivity (Wildman–Crippen MR) is 76.4 cm³/mol. The Hall–Kier alpha value is -2.22. The van der Waals surface area contributed by atoms with Crippen LogP contribution in [0.3, 0.4) is 0 Å². The van der Waals surface area contributed by atoms with Gasteiger partial charge in [0, 0.05) is 5.56 Å². The lowest BCUT2D eigenvalue weighted by Crippen LogP contribution is -1.99. The van der Waals surface area contributed by atoms with E-state index in [0.29, 0.717) is 11.8 Å². The Morgan fingerprint density at radius 1 is 1.11 bits per heavy atom. The summed E-state index contributed by atoms with van der Waals surface area (Å²) >= 11 is 0. The van der Waals surface area contributed by atoms with Gasteiger partial charge < -0.3 is 0 Å². The van der Waals surface area contributed by atoms with Gasteiger partial charge in [-0.15, -0.1) is 0 Å². The van der Waals surface area contributed by atoms with Crippen molar-refractivity contribution < 1.29 is 9.59 Å². The lowest BCUT2D eigenvalue weighted by molar-refractivity contribution is -0.104. The summed E-state index contributed by atoms with van der Waals surface area (Å²) in [6.07, 6.45) is 1.37. The number of Topliss-reactive ketones (excluding diaryl/α,β-unsaturated/α-hetero) is 1. The van der Waals surface area contributed by atoms with E-state index in [1.807, 2.05) is 12.1 Å². The molecule has 2 aromatic rings. The number of hydrogen-bond donors (Lipinski definition) is 0. The molecule has 2 heteroatoms. The van der Waals surface area contributed by atoms with Crippen LogP contribution in [0.15, 0.2) is 42.5 Å². The maximum Gasteiger partial charge on any atom is 0.225 e. The van der Waals surface area contributed by atoms with Gasteiger partial charge in [0.25, 0.3) is 0 Å². The molecular weight excluding hydrogens is 236 g/mol. The van der Waals surface area contributed by atoms with Crippen LogP contribution in [0.1, 0.15) is 28.4 Å². The Bertz CT molecular complexity index is 610. The largest absolute Gasteiger partial charge is 0.294 e. The molecule has 0 aliphatic rings. The molecule has 0 N–H and O–H groups in total. The van der Waals surface area contributed by atoms with Gasteiger partial charge in [-0.2, -0.15) is 0 Å². The molecule has 0 bridgehead atoms. The highest BCUT2D eigenvalue weighted by atomic mass is 16.2. The van der Waals surface area contributed by atoms with Crippen molar-refractivity contribution in [1.82, 2.24) is 0 Å². The molecule has 2 aromatic carbocycles. The van der Waals surface area contributed by atoms with Gasteiger partial charge in [0.15, 0.2) is 6.29 Å². The van der Waals surface area contributed by atoms with Gasteiger partial charge in [0.05, 0.1) is 0 Å². The van der Waals surface area contributed by atoms with Crippen molar-refractivity contribution in [2.24, 2.45) is 0 Å². The minimum absolute atomic E-state index is 0.344. The second-order valence-electron chi connectivity index (χ2n) is 4.56. The average molecular weight is 252 g/mol. The summed E-state index contributed by atoms with van der Waals surface area (Å²) < 4.78 is 0. The number of hydrogen-bond acceptors (Lipinski definition) is 2. The third-order valence-electron chi connectivity index (χ3n) is 3.29. The molecule has 0 saturated carbocycles. The number of rotatable bonds is 4. The van der Waals surface area contributed by atoms with Gasteiger partial charge in [-0.25, -0.2) is 0 Å². The average Bonchev–Trinajstić information content (AvgIpc) is 2.46. The highest BCUT2D eigenvalue weighted by molar-refractivity contribution is 6.33. The summed E-state index contributed by atoms with van der Waals surface area (Å²) in [7, 11) is 0. The normalized spacial score (nSPS) is 10.2. The molecule has 0 radical (unpaired) electrons. The minimum atomic E-state index is -0.482. The van der Waals surface area contributed by atoms with Crippen molar-refractivity contribution >= 4 is 12.1 Å². The molecule has 96 valence electrons. The topological polar surface area (TPSA) is 34.1 Å². The van der Waals surface area contributed by atoms with Crippen molar-refractivity contribution in [3.8, 4) is 11.1 Å². The molecular formula is C17H16O2. The lowest BCUT2D eigenvalue weighted by Gasteiger charge is -2.08. The van der Waals surface area contributed by atoms with Gasteiger partial charge >= 0.3 is 0 Å². The minimum Gasteiger partial charge on any atom is -0.294 e. The molecule has 0 aliphatic heterocycles. The van der Waals surface area contributed by atoms with E-state index in [4.69, 9.17) is 0 Å². The summed E-state index contributed by atoms with van der Waals surface area (Å²) in [5.74, 6) is -0.482. The van der Waals surface area contributed by atoms with Crippen LogP contribution in [-0.2, 0) is 11.2 Å². The predicted octanol–water partition coefficient (Wildman–Crippen LogP) is 3.61. The third-order valence-corrected chi connectivity index (χ3v) is 3.29. The van der Waals surface area contributed by atoms with E-state index in [2.05, 4.69) is 32.0 Å². The number of aryl methyl sites for hydroxylation is 2. The van der Waals surface area contributed by atoms with E-state index < -0.39 is 5.78 Å². The fraction of sp³-hybridized carbons (Fsp3) is 0.176. The Kier molecular flexibility index (Phi) is 3.91. The standard InChI is InChI=1S/C17H16O2/c1-3-13-4-9-16(12(2)10-13)14-5-7-15(8-6-14)17(19)11-18/h4-11H,3H2,1-2H3. The maximum absolute atomic E-state index is 11.2. The van der Waals surface area contributed by atoms with Crippen molar-refractivity contribution in [1.29, 1.82) is 0 Å². The highest BCUT2D eigenvalue weighted by Gasteiger charge is 2.06. The highest BCUT2D eigenvalue weighted by Crippen LogP contribution is 2.24. The van der Waals surface area contributed by atoms with Crippen LogP contribution in [0.25, 0.3) is 11.1 Å². The summed E-state index contributed by atoms with van der Waals surface area (Å²) in [4.78, 5) is 21.7. The molecule has 0 aromatic heterocycles. The Morgan fingerprint density at radius 3 is 2.32 bits per heavy atom. The Labute approximate surface area is 113 Å². The molecule has 0 amide bonds. The summed E-state index contributed by atoms with van der Waals surface area (Å²) in [5, 5.41) is 0. The van der Waals surface area contributed by atoms with Gasteiger partial charge in [0.2, 0.25) is 5.78 Å². The van der Waals surface area contributed by atoms with Crippen LogP contribution < -0.4 is 0 Å². The summed E-state index contributed by atoms with van der Waals surface area (Å²) in [6.45, 7) is 4.22. The molecule has 2 rings (SSSR count). The number of carbonyl (C=O) groups is 2. The van der Waals surface area contributed by atoms with Crippen molar-refractivity contribution in [3.05, 3.63) is 59.2 Å². The Morgan fingerprint density at radius 2 is 1.79 bits per heavy atom. The van der Waals surface area contributed by atoms with Crippen LogP contribution in [-0.4, -0.2) is 12.1 Å². The van der Waals surface area contributed by atoms with Crippen molar-refractivity contribution in [2.75, 3.05) is 0 Å². The fourth-order valence-electron chi connectivity index (χ4n) is 2.15. The quantitative estimate of drug-likeness (QED) is 0.473. The van der Waals surface area contributed by atoms with Gasteiger partial charge in [-0.05, 0) is 35.6 Å². The van der Waals surface area contributed by atoms with E-state index >= 15 is 0 Å². The number of carbonyl (C=O) groups excluding carboxylic acids is 2. The molecule has 0 heterocycles. The first-order valence-corrected chi connectivity index (χ1v) is 6.35. The zero-order chi connectivity index (χ0) is 13.8. The van der Waals surface area contributed by atoms with Crippen LogP contribution >= 0.6 is 0 Å². The first kappa shape index (κ1) is 13.2. The molecule has 19 heavy (non-hydrogen) atoms. The SMILES string of the molecule is CCc1ccc(-c2ccc(C(=O)C=O)cc2)c(C)c1. The molecule has 0 atom stereocenters.